The molecule has 0 aromatic heterocycles. The molecule has 0 fully saturated rings. The normalized spacial score (nSPS) is 12.1. The Labute approximate surface area is 127 Å². The summed E-state index contributed by atoms with van der Waals surface area (Å²) in [5, 5.41) is 9.87. The van der Waals surface area contributed by atoms with E-state index >= 15 is 0 Å². The molecule has 0 unspecified atom stereocenters. The summed E-state index contributed by atoms with van der Waals surface area (Å²) in [5.74, 6) is 0.659. The number of nitrogens with zero attached hydrogens (tertiary/aromatic N) is 1. The van der Waals surface area contributed by atoms with Gasteiger partial charge in [0, 0.05) is 18.7 Å². The highest BCUT2D eigenvalue weighted by Gasteiger charge is 2.22. The van der Waals surface area contributed by atoms with Gasteiger partial charge in [-0.25, -0.2) is 0 Å². The van der Waals surface area contributed by atoms with Crippen molar-refractivity contribution in [3.05, 3.63) is 29.8 Å². The van der Waals surface area contributed by atoms with Crippen molar-refractivity contribution < 1.29 is 14.6 Å². The summed E-state index contributed by atoms with van der Waals surface area (Å²) in [6, 6.07) is 7.12. The average Bonchev–Trinajstić information content (AvgIpc) is 2.33. The zero-order valence-electron chi connectivity index (χ0n) is 13.9. The van der Waals surface area contributed by atoms with Gasteiger partial charge < -0.3 is 14.7 Å². The molecular weight excluding hydrogens is 266 g/mol. The third-order valence-corrected chi connectivity index (χ3v) is 2.77. The van der Waals surface area contributed by atoms with Gasteiger partial charge in [0.05, 0.1) is 5.60 Å². The molecular formula is C17H27NO3. The highest BCUT2D eigenvalue weighted by Crippen LogP contribution is 2.19. The summed E-state index contributed by atoms with van der Waals surface area (Å²) in [5.41, 5.74) is -0.564. The number of likely N-dealkylation sites (N-methyl/N-ethyl adjacent to an activating group) is 1. The molecule has 0 aliphatic heterocycles. The van der Waals surface area contributed by atoms with Crippen LogP contribution in [0.4, 0.5) is 0 Å². The Morgan fingerprint density at radius 1 is 1.14 bits per heavy atom. The summed E-state index contributed by atoms with van der Waals surface area (Å²) in [4.78, 5) is 14.1. The van der Waals surface area contributed by atoms with Crippen molar-refractivity contribution in [3.8, 4) is 5.75 Å². The quantitative estimate of drug-likeness (QED) is 0.907. The molecule has 0 aliphatic carbocycles. The topological polar surface area (TPSA) is 49.8 Å². The van der Waals surface area contributed by atoms with Crippen LogP contribution in [0, 0.1) is 0 Å². The first-order valence-corrected chi connectivity index (χ1v) is 7.32. The molecule has 21 heavy (non-hydrogen) atoms. The maximum absolute atomic E-state index is 12.4. The summed E-state index contributed by atoms with van der Waals surface area (Å²) in [6.45, 7) is 12.1. The Hall–Kier alpha value is -1.55. The second-order valence-corrected chi connectivity index (χ2v) is 6.87. The molecule has 0 aliphatic rings. The van der Waals surface area contributed by atoms with E-state index in [4.69, 9.17) is 4.74 Å². The molecule has 4 nitrogen and oxygen atoms in total. The molecule has 1 aromatic rings. The van der Waals surface area contributed by atoms with Gasteiger partial charge in [-0.05, 0) is 65.8 Å². The molecule has 0 saturated carbocycles. The molecule has 1 rings (SSSR count). The first-order chi connectivity index (χ1) is 9.52. The fourth-order valence-electron chi connectivity index (χ4n) is 2.00. The van der Waals surface area contributed by atoms with Gasteiger partial charge in [0.2, 0.25) is 0 Å². The van der Waals surface area contributed by atoms with Gasteiger partial charge in [-0.15, -0.1) is 0 Å². The van der Waals surface area contributed by atoms with Crippen molar-refractivity contribution >= 4 is 5.91 Å². The Morgan fingerprint density at radius 3 is 2.05 bits per heavy atom. The van der Waals surface area contributed by atoms with Crippen LogP contribution in [-0.4, -0.2) is 40.2 Å². The van der Waals surface area contributed by atoms with Gasteiger partial charge in [0.1, 0.15) is 11.4 Å². The Balaban J connectivity index is 2.83. The van der Waals surface area contributed by atoms with Crippen molar-refractivity contribution in [3.63, 3.8) is 0 Å². The molecule has 1 N–H and O–H groups in total. The summed E-state index contributed by atoms with van der Waals surface area (Å²) in [6.07, 6.45) is 0. The highest BCUT2D eigenvalue weighted by atomic mass is 16.5. The van der Waals surface area contributed by atoms with Crippen molar-refractivity contribution in [1.29, 1.82) is 0 Å². The Morgan fingerprint density at radius 2 is 1.67 bits per heavy atom. The van der Waals surface area contributed by atoms with Crippen LogP contribution in [0.25, 0.3) is 0 Å². The molecule has 1 aromatic carbocycles. The number of rotatable bonds is 5. The SMILES string of the molecule is CCN(CC(C)(C)O)C(=O)c1ccc(OC(C)(C)C)cc1. The third kappa shape index (κ3) is 6.17. The van der Waals surface area contributed by atoms with Gasteiger partial charge >= 0.3 is 0 Å². The predicted molar refractivity (Wildman–Crippen MR) is 84.7 cm³/mol. The van der Waals surface area contributed by atoms with Crippen molar-refractivity contribution in [2.75, 3.05) is 13.1 Å². The second kappa shape index (κ2) is 6.48. The largest absolute Gasteiger partial charge is 0.488 e. The standard InChI is InChI=1S/C17H27NO3/c1-7-18(12-17(5,6)20)15(19)13-8-10-14(11-9-13)21-16(2,3)4/h8-11,20H,7,12H2,1-6H3. The number of ether oxygens (including phenoxy) is 1. The maximum Gasteiger partial charge on any atom is 0.253 e. The number of hydrogen-bond acceptors (Lipinski definition) is 3. The number of benzene rings is 1. The first kappa shape index (κ1) is 17.5. The molecule has 0 saturated heterocycles. The summed E-state index contributed by atoms with van der Waals surface area (Å²) in [7, 11) is 0. The van der Waals surface area contributed by atoms with E-state index < -0.39 is 5.60 Å². The molecule has 0 bridgehead atoms. The monoisotopic (exact) mass is 293 g/mol. The second-order valence-electron chi connectivity index (χ2n) is 6.87. The van der Waals surface area contributed by atoms with E-state index in [-0.39, 0.29) is 11.5 Å². The highest BCUT2D eigenvalue weighted by molar-refractivity contribution is 5.94. The lowest BCUT2D eigenvalue weighted by atomic mass is 10.1. The third-order valence-electron chi connectivity index (χ3n) is 2.77. The Kier molecular flexibility index (Phi) is 5.40. The Bertz CT molecular complexity index is 466. The van der Waals surface area contributed by atoms with E-state index in [1.165, 1.54) is 0 Å². The zero-order valence-corrected chi connectivity index (χ0v) is 13.9. The van der Waals surface area contributed by atoms with Crippen molar-refractivity contribution in [1.82, 2.24) is 4.90 Å². The van der Waals surface area contributed by atoms with E-state index in [0.717, 1.165) is 5.75 Å². The van der Waals surface area contributed by atoms with Crippen LogP contribution in [0.2, 0.25) is 0 Å². The van der Waals surface area contributed by atoms with Gasteiger partial charge in [0.25, 0.3) is 5.91 Å². The van der Waals surface area contributed by atoms with Gasteiger partial charge in [-0.2, -0.15) is 0 Å². The maximum atomic E-state index is 12.4. The van der Waals surface area contributed by atoms with Crippen LogP contribution in [0.1, 0.15) is 51.9 Å². The van der Waals surface area contributed by atoms with E-state index in [0.29, 0.717) is 18.7 Å². The van der Waals surface area contributed by atoms with E-state index in [1.807, 2.05) is 27.7 Å². The van der Waals surface area contributed by atoms with Crippen LogP contribution >= 0.6 is 0 Å². The molecule has 0 spiro atoms. The smallest absolute Gasteiger partial charge is 0.253 e. The van der Waals surface area contributed by atoms with Gasteiger partial charge in [-0.3, -0.25) is 4.79 Å². The molecule has 118 valence electrons. The number of carbonyl (C=O) groups excluding carboxylic acids is 1. The lowest BCUT2D eigenvalue weighted by molar-refractivity contribution is 0.0314. The van der Waals surface area contributed by atoms with Crippen LogP contribution in [0.5, 0.6) is 5.75 Å². The van der Waals surface area contributed by atoms with E-state index in [1.54, 1.807) is 43.0 Å². The molecule has 4 heteroatoms. The first-order valence-electron chi connectivity index (χ1n) is 7.32. The fourth-order valence-corrected chi connectivity index (χ4v) is 2.00. The number of carbonyl (C=O) groups is 1. The number of aliphatic hydroxyl groups is 1. The fraction of sp³-hybridized carbons (Fsp3) is 0.588. The lowest BCUT2D eigenvalue weighted by Gasteiger charge is -2.28. The average molecular weight is 293 g/mol. The predicted octanol–water partition coefficient (Wildman–Crippen LogP) is 3.10. The van der Waals surface area contributed by atoms with E-state index in [9.17, 15) is 9.90 Å². The molecule has 0 atom stereocenters. The molecule has 0 radical (unpaired) electrons. The number of amides is 1. The molecule has 1 amide bonds. The zero-order chi connectivity index (χ0) is 16.3. The summed E-state index contributed by atoms with van der Waals surface area (Å²) < 4.78 is 5.74. The van der Waals surface area contributed by atoms with Crippen LogP contribution in [0.3, 0.4) is 0 Å². The van der Waals surface area contributed by atoms with Crippen molar-refractivity contribution in [2.24, 2.45) is 0 Å². The van der Waals surface area contributed by atoms with Gasteiger partial charge in [0.15, 0.2) is 0 Å². The van der Waals surface area contributed by atoms with E-state index in [2.05, 4.69) is 0 Å². The lowest BCUT2D eigenvalue weighted by Crippen LogP contribution is -2.42. The minimum Gasteiger partial charge on any atom is -0.488 e. The van der Waals surface area contributed by atoms with Crippen molar-refractivity contribution in [2.45, 2.75) is 52.7 Å². The minimum atomic E-state index is -0.902. The molecule has 0 heterocycles. The van der Waals surface area contributed by atoms with Crippen LogP contribution in [0.15, 0.2) is 24.3 Å². The summed E-state index contributed by atoms with van der Waals surface area (Å²) >= 11 is 0. The van der Waals surface area contributed by atoms with Crippen LogP contribution in [-0.2, 0) is 0 Å². The van der Waals surface area contributed by atoms with Crippen LogP contribution < -0.4 is 4.74 Å². The number of hydrogen-bond donors (Lipinski definition) is 1. The minimum absolute atomic E-state index is 0.0815. The van der Waals surface area contributed by atoms with Gasteiger partial charge in [-0.1, -0.05) is 0 Å².